The van der Waals surface area contributed by atoms with Crippen molar-refractivity contribution in [3.63, 3.8) is 0 Å². The highest BCUT2D eigenvalue weighted by atomic mass is 16.6. The number of carbonyl (C=O) groups is 4. The Kier molecular flexibility index (Phi) is 9.88. The minimum atomic E-state index is -0.791. The van der Waals surface area contributed by atoms with E-state index in [9.17, 15) is 19.2 Å². The Balaban J connectivity index is 1.37. The van der Waals surface area contributed by atoms with Crippen LogP contribution < -0.4 is 16.0 Å². The number of hydrogen-bond acceptors (Lipinski definition) is 5. The molecule has 1 atom stereocenters. The van der Waals surface area contributed by atoms with E-state index in [2.05, 4.69) is 27.9 Å². The molecule has 42 heavy (non-hydrogen) atoms. The van der Waals surface area contributed by atoms with E-state index in [4.69, 9.17) is 4.74 Å². The monoisotopic (exact) mass is 575 g/mol. The largest absolute Gasteiger partial charge is 0.444 e. The third kappa shape index (κ3) is 8.34. The number of fused-ring (bicyclic) bond motifs is 1. The first-order chi connectivity index (χ1) is 20.0. The van der Waals surface area contributed by atoms with Gasteiger partial charge in [0.1, 0.15) is 18.2 Å². The molecule has 10 heteroatoms. The van der Waals surface area contributed by atoms with Crippen LogP contribution in [0.25, 0.3) is 10.9 Å². The lowest BCUT2D eigenvalue weighted by Crippen LogP contribution is -2.50. The van der Waals surface area contributed by atoms with Gasteiger partial charge in [-0.1, -0.05) is 37.3 Å². The van der Waals surface area contributed by atoms with Crippen molar-refractivity contribution in [3.8, 4) is 0 Å². The van der Waals surface area contributed by atoms with Crippen molar-refractivity contribution in [1.29, 1.82) is 0 Å². The molecule has 1 aliphatic rings. The topological polar surface area (TPSA) is 133 Å². The number of aryl methyl sites for hydroxylation is 1. The quantitative estimate of drug-likeness (QED) is 0.304. The standard InChI is InChI=1S/C32H41N5O5/c1-5-21-10-12-24(13-11-21)35-30(40)27(18-23-19-33-26-9-7-6-8-25(23)26)36-29(39)22-14-16-37(17-15-22)28(38)20-34-31(41)42-32(2,3)4/h6-13,19,22,27,33H,5,14-18,20H2,1-4H3,(H,34,41)(H,35,40)(H,36,39)/t27-/m0/s1. The summed E-state index contributed by atoms with van der Waals surface area (Å²) < 4.78 is 5.18. The molecule has 3 aromatic rings. The van der Waals surface area contributed by atoms with Crippen molar-refractivity contribution in [2.45, 2.75) is 65.0 Å². The second kappa shape index (κ2) is 13.5. The third-order valence-electron chi connectivity index (χ3n) is 7.36. The number of alkyl carbamates (subject to hydrolysis) is 1. The first-order valence-electron chi connectivity index (χ1n) is 14.5. The molecule has 0 radical (unpaired) electrons. The molecule has 0 unspecified atom stereocenters. The van der Waals surface area contributed by atoms with Crippen LogP contribution in [0.5, 0.6) is 0 Å². The number of likely N-dealkylation sites (tertiary alicyclic amines) is 1. The van der Waals surface area contributed by atoms with Crippen molar-refractivity contribution < 1.29 is 23.9 Å². The summed E-state index contributed by atoms with van der Waals surface area (Å²) in [5, 5.41) is 9.45. The van der Waals surface area contributed by atoms with Crippen molar-refractivity contribution in [2.24, 2.45) is 5.92 Å². The number of amides is 4. The molecule has 0 aliphatic carbocycles. The molecule has 0 spiro atoms. The van der Waals surface area contributed by atoms with Gasteiger partial charge in [0.25, 0.3) is 0 Å². The van der Waals surface area contributed by atoms with Gasteiger partial charge in [-0.05, 0) is 69.4 Å². The van der Waals surface area contributed by atoms with Crippen LogP contribution in [0, 0.1) is 5.92 Å². The van der Waals surface area contributed by atoms with Crippen molar-refractivity contribution >= 4 is 40.4 Å². The first kappa shape index (κ1) is 30.6. The fraction of sp³-hybridized carbons (Fsp3) is 0.438. The van der Waals surface area contributed by atoms with E-state index in [1.165, 1.54) is 5.56 Å². The maximum absolute atomic E-state index is 13.5. The second-order valence-corrected chi connectivity index (χ2v) is 11.7. The number of ether oxygens (including phenoxy) is 1. The number of anilines is 1. The number of nitrogens with one attached hydrogen (secondary N) is 4. The van der Waals surface area contributed by atoms with E-state index < -0.39 is 17.7 Å². The lowest BCUT2D eigenvalue weighted by molar-refractivity contribution is -0.135. The highest BCUT2D eigenvalue weighted by molar-refractivity contribution is 5.98. The van der Waals surface area contributed by atoms with Gasteiger partial charge in [0.2, 0.25) is 17.7 Å². The summed E-state index contributed by atoms with van der Waals surface area (Å²) in [5.41, 5.74) is 3.09. The molecule has 1 aromatic heterocycles. The number of nitrogens with zero attached hydrogens (tertiary/aromatic N) is 1. The zero-order valence-corrected chi connectivity index (χ0v) is 24.8. The first-order valence-corrected chi connectivity index (χ1v) is 14.5. The number of H-pyrrole nitrogens is 1. The van der Waals surface area contributed by atoms with E-state index in [0.717, 1.165) is 22.9 Å². The summed E-state index contributed by atoms with van der Waals surface area (Å²) in [6.45, 7) is 7.93. The Labute approximate surface area is 246 Å². The summed E-state index contributed by atoms with van der Waals surface area (Å²) in [6.07, 6.45) is 3.38. The predicted octanol–water partition coefficient (Wildman–Crippen LogP) is 4.16. The molecule has 0 saturated carbocycles. The van der Waals surface area contributed by atoms with Crippen LogP contribution in [0.2, 0.25) is 0 Å². The van der Waals surface area contributed by atoms with Gasteiger partial charge in [0.05, 0.1) is 0 Å². The van der Waals surface area contributed by atoms with Crippen LogP contribution in [0.3, 0.4) is 0 Å². The highest BCUT2D eigenvalue weighted by Gasteiger charge is 2.31. The number of rotatable bonds is 9. The molecule has 4 rings (SSSR count). The number of piperidine rings is 1. The molecule has 1 fully saturated rings. The van der Waals surface area contributed by atoms with E-state index in [-0.39, 0.29) is 30.2 Å². The molecule has 1 saturated heterocycles. The van der Waals surface area contributed by atoms with Gasteiger partial charge in [-0.2, -0.15) is 0 Å². The lowest BCUT2D eigenvalue weighted by atomic mass is 9.94. The van der Waals surface area contributed by atoms with Gasteiger partial charge in [0, 0.05) is 48.2 Å². The zero-order valence-electron chi connectivity index (χ0n) is 24.8. The van der Waals surface area contributed by atoms with Gasteiger partial charge in [-0.3, -0.25) is 14.4 Å². The number of aromatic amines is 1. The zero-order chi connectivity index (χ0) is 30.3. The normalized spacial score (nSPS) is 14.7. The van der Waals surface area contributed by atoms with Crippen molar-refractivity contribution in [3.05, 3.63) is 65.9 Å². The van der Waals surface area contributed by atoms with E-state index in [0.29, 0.717) is 38.0 Å². The van der Waals surface area contributed by atoms with Gasteiger partial charge in [-0.25, -0.2) is 4.79 Å². The Bertz CT molecular complexity index is 1400. The molecule has 224 valence electrons. The average Bonchev–Trinajstić information content (AvgIpc) is 3.37. The van der Waals surface area contributed by atoms with Gasteiger partial charge >= 0.3 is 6.09 Å². The lowest BCUT2D eigenvalue weighted by Gasteiger charge is -2.32. The number of aromatic nitrogens is 1. The van der Waals surface area contributed by atoms with Crippen LogP contribution >= 0.6 is 0 Å². The maximum atomic E-state index is 13.5. The second-order valence-electron chi connectivity index (χ2n) is 11.7. The molecular formula is C32H41N5O5. The van der Waals surface area contributed by atoms with Crippen LogP contribution in [0.4, 0.5) is 10.5 Å². The smallest absolute Gasteiger partial charge is 0.408 e. The molecule has 10 nitrogen and oxygen atoms in total. The van der Waals surface area contributed by atoms with E-state index >= 15 is 0 Å². The summed E-state index contributed by atoms with van der Waals surface area (Å²) in [5.74, 6) is -1.07. The van der Waals surface area contributed by atoms with Crippen LogP contribution in [-0.2, 0) is 32.0 Å². The van der Waals surface area contributed by atoms with Gasteiger partial charge < -0.3 is 30.6 Å². The molecule has 1 aliphatic heterocycles. The summed E-state index contributed by atoms with van der Waals surface area (Å²) >= 11 is 0. The van der Waals surface area contributed by atoms with E-state index in [1.54, 1.807) is 25.7 Å². The van der Waals surface area contributed by atoms with Crippen LogP contribution in [0.1, 0.15) is 51.7 Å². The van der Waals surface area contributed by atoms with Crippen LogP contribution in [-0.4, -0.2) is 65.0 Å². The predicted molar refractivity (Wildman–Crippen MR) is 162 cm³/mol. The van der Waals surface area contributed by atoms with Gasteiger partial charge in [-0.15, -0.1) is 0 Å². The molecular weight excluding hydrogens is 534 g/mol. The number of benzene rings is 2. The Hall–Kier alpha value is -4.34. The molecule has 0 bridgehead atoms. The minimum Gasteiger partial charge on any atom is -0.444 e. The number of hydrogen-bond donors (Lipinski definition) is 4. The summed E-state index contributed by atoms with van der Waals surface area (Å²) in [6, 6.07) is 14.7. The Morgan fingerprint density at radius 2 is 1.71 bits per heavy atom. The maximum Gasteiger partial charge on any atom is 0.408 e. The molecule has 4 N–H and O–H groups in total. The molecule has 2 aromatic carbocycles. The van der Waals surface area contributed by atoms with Crippen molar-refractivity contribution in [2.75, 3.05) is 25.0 Å². The summed E-state index contributed by atoms with van der Waals surface area (Å²) in [7, 11) is 0. The average molecular weight is 576 g/mol. The summed E-state index contributed by atoms with van der Waals surface area (Å²) in [4.78, 5) is 56.2. The number of carbonyl (C=O) groups excluding carboxylic acids is 4. The molecule has 4 amide bonds. The number of para-hydroxylation sites is 1. The Morgan fingerprint density at radius 3 is 2.38 bits per heavy atom. The fourth-order valence-corrected chi connectivity index (χ4v) is 5.04. The van der Waals surface area contributed by atoms with E-state index in [1.807, 2.05) is 54.7 Å². The van der Waals surface area contributed by atoms with Crippen LogP contribution in [0.15, 0.2) is 54.7 Å². The van der Waals surface area contributed by atoms with Gasteiger partial charge in [0.15, 0.2) is 0 Å². The minimum absolute atomic E-state index is 0.169. The Morgan fingerprint density at radius 1 is 1.02 bits per heavy atom. The fourth-order valence-electron chi connectivity index (χ4n) is 5.04. The third-order valence-corrected chi connectivity index (χ3v) is 7.36. The van der Waals surface area contributed by atoms with Crippen molar-refractivity contribution in [1.82, 2.24) is 20.5 Å². The highest BCUT2D eigenvalue weighted by Crippen LogP contribution is 2.22. The molecule has 2 heterocycles. The SMILES string of the molecule is CCc1ccc(NC(=O)[C@H](Cc2c[nH]c3ccccc23)NC(=O)C2CCN(C(=O)CNC(=O)OC(C)(C)C)CC2)cc1.